The normalized spacial score (nSPS) is 10.2. The number of carbonyl (C=O) groups is 1. The van der Waals surface area contributed by atoms with Crippen molar-refractivity contribution in [2.24, 2.45) is 0 Å². The molecule has 0 saturated carbocycles. The molecule has 0 saturated heterocycles. The van der Waals surface area contributed by atoms with Gasteiger partial charge in [-0.3, -0.25) is 0 Å². The summed E-state index contributed by atoms with van der Waals surface area (Å²) in [5, 5.41) is 13.0. The molecule has 0 spiro atoms. The third kappa shape index (κ3) is 18.6. The van der Waals surface area contributed by atoms with Crippen molar-refractivity contribution in [1.29, 1.82) is 0 Å². The minimum atomic E-state index is -1.00. The Morgan fingerprint density at radius 1 is 1.18 bits per heavy atom. The van der Waals surface area contributed by atoms with Gasteiger partial charge in [-0.25, -0.2) is 0 Å². The van der Waals surface area contributed by atoms with Crippen LogP contribution in [0.4, 0.5) is 0 Å². The van der Waals surface area contributed by atoms with Gasteiger partial charge in [-0.15, -0.1) is 0 Å². The van der Waals surface area contributed by atoms with Gasteiger partial charge in [0.05, 0.1) is 0 Å². The summed E-state index contributed by atoms with van der Waals surface area (Å²) in [5.41, 5.74) is 0. The zero-order valence-electron chi connectivity index (χ0n) is 11.3. The van der Waals surface area contributed by atoms with Crippen molar-refractivity contribution >= 4 is 5.97 Å². The van der Waals surface area contributed by atoms with E-state index in [9.17, 15) is 9.90 Å². The number of nitrogens with one attached hydrogen (secondary N) is 1. The molecule has 17 heavy (non-hydrogen) atoms. The summed E-state index contributed by atoms with van der Waals surface area (Å²) in [4.78, 5) is 10.1. The average molecular weight is 249 g/mol. The van der Waals surface area contributed by atoms with E-state index in [1.54, 1.807) is 0 Å². The number of hydrogen-bond acceptors (Lipinski definition) is 3. The first kappa shape index (κ1) is 19.4. The zero-order valence-corrected chi connectivity index (χ0v) is 13.3. The van der Waals surface area contributed by atoms with Crippen LogP contribution in [-0.4, -0.2) is 12.5 Å². The van der Waals surface area contributed by atoms with Gasteiger partial charge in [-0.2, -0.15) is 0 Å². The minimum Gasteiger partial charge on any atom is -0.550 e. The Morgan fingerprint density at radius 3 is 2.47 bits per heavy atom. The Morgan fingerprint density at radius 2 is 1.82 bits per heavy atom. The van der Waals surface area contributed by atoms with Gasteiger partial charge in [0.15, 0.2) is 0 Å². The molecule has 0 aliphatic carbocycles. The monoisotopic (exact) mass is 249 g/mol. The third-order valence-corrected chi connectivity index (χ3v) is 2.43. The van der Waals surface area contributed by atoms with Crippen molar-refractivity contribution in [3.8, 4) is 0 Å². The van der Waals surface area contributed by atoms with E-state index in [1.165, 1.54) is 38.5 Å². The van der Waals surface area contributed by atoms with Crippen molar-refractivity contribution in [3.63, 3.8) is 0 Å². The molecule has 1 N–H and O–H groups in total. The second kappa shape index (κ2) is 16.0. The van der Waals surface area contributed by atoms with Gasteiger partial charge in [0.25, 0.3) is 0 Å². The first-order chi connectivity index (χ1) is 7.77. The maximum Gasteiger partial charge on any atom is 1.00 e. The number of carbonyl (C=O) groups excluding carboxylic acids is 1. The standard InChI is InChI=1S/C13H25NO2.Na/c1-2-3-4-5-6-7-8-9-11-14-12-10-13(15)16;/h9,11,14H,2-8,10,12H2,1H3,(H,15,16);/q;+1/p-1. The Labute approximate surface area is 127 Å². The summed E-state index contributed by atoms with van der Waals surface area (Å²) in [6, 6.07) is 0. The van der Waals surface area contributed by atoms with E-state index in [4.69, 9.17) is 0 Å². The summed E-state index contributed by atoms with van der Waals surface area (Å²) in [6.07, 6.45) is 12.9. The molecular weight excluding hydrogens is 225 g/mol. The number of aliphatic carboxylic acids is 1. The summed E-state index contributed by atoms with van der Waals surface area (Å²) in [6.45, 7) is 2.68. The summed E-state index contributed by atoms with van der Waals surface area (Å²) >= 11 is 0. The molecule has 0 aliphatic rings. The predicted octanol–water partition coefficient (Wildman–Crippen LogP) is -1.02. The topological polar surface area (TPSA) is 52.2 Å². The molecule has 0 aromatic carbocycles. The molecule has 0 aromatic rings. The van der Waals surface area contributed by atoms with Crippen LogP contribution < -0.4 is 40.0 Å². The molecule has 4 heteroatoms. The average Bonchev–Trinajstić information content (AvgIpc) is 2.25. The van der Waals surface area contributed by atoms with Gasteiger partial charge in [0, 0.05) is 18.9 Å². The van der Waals surface area contributed by atoms with Gasteiger partial charge in [0.2, 0.25) is 0 Å². The van der Waals surface area contributed by atoms with Gasteiger partial charge < -0.3 is 15.2 Å². The molecule has 0 aliphatic heterocycles. The van der Waals surface area contributed by atoms with E-state index in [-0.39, 0.29) is 36.0 Å². The molecule has 0 unspecified atom stereocenters. The van der Waals surface area contributed by atoms with Crippen molar-refractivity contribution in [2.45, 2.75) is 58.3 Å². The van der Waals surface area contributed by atoms with Crippen LogP contribution >= 0.6 is 0 Å². The van der Waals surface area contributed by atoms with Crippen molar-refractivity contribution < 1.29 is 39.5 Å². The fourth-order valence-corrected chi connectivity index (χ4v) is 1.47. The molecule has 0 bridgehead atoms. The van der Waals surface area contributed by atoms with Crippen LogP contribution in [0.15, 0.2) is 12.3 Å². The Hall–Kier alpha value is 0.0100. The molecule has 94 valence electrons. The molecule has 3 nitrogen and oxygen atoms in total. The number of hydrogen-bond donors (Lipinski definition) is 1. The van der Waals surface area contributed by atoms with E-state index in [1.807, 2.05) is 6.20 Å². The molecule has 0 aromatic heterocycles. The van der Waals surface area contributed by atoms with E-state index in [0.717, 1.165) is 6.42 Å². The summed E-state index contributed by atoms with van der Waals surface area (Å²) < 4.78 is 0. The number of rotatable bonds is 11. The Bertz CT molecular complexity index is 196. The third-order valence-electron chi connectivity index (χ3n) is 2.43. The predicted molar refractivity (Wildman–Crippen MR) is 64.8 cm³/mol. The summed E-state index contributed by atoms with van der Waals surface area (Å²) in [5.74, 6) is -1.00. The van der Waals surface area contributed by atoms with Crippen LogP contribution in [0, 0.1) is 0 Å². The molecule has 0 fully saturated rings. The van der Waals surface area contributed by atoms with Crippen LogP contribution in [0.25, 0.3) is 0 Å². The van der Waals surface area contributed by atoms with Crippen LogP contribution in [-0.2, 0) is 4.79 Å². The van der Waals surface area contributed by atoms with E-state index in [0.29, 0.717) is 6.54 Å². The minimum absolute atomic E-state index is 0. The first-order valence-electron chi connectivity index (χ1n) is 6.35. The fourth-order valence-electron chi connectivity index (χ4n) is 1.47. The molecule has 0 heterocycles. The fraction of sp³-hybridized carbons (Fsp3) is 0.769. The van der Waals surface area contributed by atoms with E-state index >= 15 is 0 Å². The van der Waals surface area contributed by atoms with Crippen molar-refractivity contribution in [3.05, 3.63) is 12.3 Å². The molecule has 0 amide bonds. The summed E-state index contributed by atoms with van der Waals surface area (Å²) in [7, 11) is 0. The Kier molecular flexibility index (Phi) is 18.2. The second-order valence-corrected chi connectivity index (χ2v) is 4.03. The Balaban J connectivity index is 0. The smallest absolute Gasteiger partial charge is 0.550 e. The van der Waals surface area contributed by atoms with Gasteiger partial charge in [-0.1, -0.05) is 45.1 Å². The van der Waals surface area contributed by atoms with Crippen LogP contribution in [0.1, 0.15) is 58.3 Å². The quantitative estimate of drug-likeness (QED) is 0.377. The number of carboxylic acids is 1. The van der Waals surface area contributed by atoms with Crippen LogP contribution in [0.5, 0.6) is 0 Å². The maximum absolute atomic E-state index is 10.1. The van der Waals surface area contributed by atoms with Gasteiger partial charge in [-0.05, 0) is 19.0 Å². The SMILES string of the molecule is CCCCCCCCC=CNCCC(=O)[O-].[Na+]. The number of unbranched alkanes of at least 4 members (excludes halogenated alkanes) is 6. The van der Waals surface area contributed by atoms with Crippen molar-refractivity contribution in [1.82, 2.24) is 5.32 Å². The van der Waals surface area contributed by atoms with Gasteiger partial charge >= 0.3 is 29.6 Å². The maximum atomic E-state index is 10.1. The van der Waals surface area contributed by atoms with Gasteiger partial charge in [0.1, 0.15) is 0 Å². The first-order valence-corrected chi connectivity index (χ1v) is 6.35. The molecule has 0 atom stereocenters. The van der Waals surface area contributed by atoms with E-state index < -0.39 is 5.97 Å². The number of allylic oxidation sites excluding steroid dienone is 1. The largest absolute Gasteiger partial charge is 1.00 e. The number of carboxylic acid groups (broad SMARTS) is 1. The van der Waals surface area contributed by atoms with Crippen molar-refractivity contribution in [2.75, 3.05) is 6.54 Å². The van der Waals surface area contributed by atoms with Crippen LogP contribution in [0.2, 0.25) is 0 Å². The molecule has 0 radical (unpaired) electrons. The molecule has 0 rings (SSSR count). The zero-order chi connectivity index (χ0) is 12.1. The molecular formula is C13H24NNaO2. The second-order valence-electron chi connectivity index (χ2n) is 4.03. The van der Waals surface area contributed by atoms with Crippen LogP contribution in [0.3, 0.4) is 0 Å². The van der Waals surface area contributed by atoms with E-state index in [2.05, 4.69) is 18.3 Å².